The maximum Gasteiger partial charge on any atom is 0.161 e. The first-order valence-corrected chi connectivity index (χ1v) is 13.0. The van der Waals surface area contributed by atoms with Crippen LogP contribution in [0.1, 0.15) is 25.7 Å². The van der Waals surface area contributed by atoms with Crippen molar-refractivity contribution in [2.24, 2.45) is 5.92 Å². The van der Waals surface area contributed by atoms with E-state index in [1.54, 1.807) is 42.9 Å². The third kappa shape index (κ3) is 4.28. The van der Waals surface area contributed by atoms with E-state index in [0.29, 0.717) is 45.0 Å². The van der Waals surface area contributed by atoms with E-state index in [1.807, 2.05) is 18.2 Å². The van der Waals surface area contributed by atoms with Gasteiger partial charge in [0, 0.05) is 29.4 Å². The van der Waals surface area contributed by atoms with E-state index in [9.17, 15) is 9.50 Å². The van der Waals surface area contributed by atoms with Gasteiger partial charge in [-0.25, -0.2) is 14.4 Å². The topological polar surface area (TPSA) is 128 Å². The number of aromatic nitrogens is 7. The summed E-state index contributed by atoms with van der Waals surface area (Å²) in [4.78, 5) is 21.7. The molecule has 194 valence electrons. The summed E-state index contributed by atoms with van der Waals surface area (Å²) < 4.78 is 14.5. The van der Waals surface area contributed by atoms with Crippen LogP contribution in [-0.2, 0) is 0 Å². The molecule has 10 heteroatoms. The molecule has 5 aromatic heterocycles. The van der Waals surface area contributed by atoms with Gasteiger partial charge in [-0.05, 0) is 49.2 Å². The maximum absolute atomic E-state index is 14.5. The molecule has 4 N–H and O–H groups in total. The standard InChI is InChI=1S/C29H25FN8O/c30-20-8-4-3-7-19(20)24-25-22(11-12-32-24)35-28(36-25)27-26-23(37-38-27)10-9-21(34-26)17-13-18(15-31-14-17)33-29(39)16-5-1-2-6-16/h3-4,7-16,29,33,39H,1-2,5-6H2,(H,35,36)(H,37,38). The van der Waals surface area contributed by atoms with Crippen LogP contribution < -0.4 is 5.32 Å². The molecule has 0 amide bonds. The van der Waals surface area contributed by atoms with Gasteiger partial charge in [0.05, 0.1) is 28.6 Å². The molecular formula is C29H25FN8O. The van der Waals surface area contributed by atoms with Gasteiger partial charge in [0.1, 0.15) is 28.8 Å². The van der Waals surface area contributed by atoms with Gasteiger partial charge in [-0.3, -0.25) is 15.1 Å². The Labute approximate surface area is 222 Å². The number of aliphatic hydroxyl groups excluding tert-OH is 1. The molecule has 6 aromatic rings. The van der Waals surface area contributed by atoms with Gasteiger partial charge in [0.25, 0.3) is 0 Å². The molecule has 0 spiro atoms. The lowest BCUT2D eigenvalue weighted by atomic mass is 10.1. The van der Waals surface area contributed by atoms with Crippen LogP contribution in [0, 0.1) is 11.7 Å². The largest absolute Gasteiger partial charge is 0.374 e. The Kier molecular flexibility index (Phi) is 5.74. The number of hydrogen-bond acceptors (Lipinski definition) is 7. The van der Waals surface area contributed by atoms with Crippen molar-refractivity contribution >= 4 is 27.8 Å². The highest BCUT2D eigenvalue weighted by atomic mass is 19.1. The lowest BCUT2D eigenvalue weighted by Crippen LogP contribution is -2.26. The van der Waals surface area contributed by atoms with E-state index < -0.39 is 6.23 Å². The molecule has 1 fully saturated rings. The van der Waals surface area contributed by atoms with Crippen molar-refractivity contribution in [3.63, 3.8) is 0 Å². The van der Waals surface area contributed by atoms with Crippen LogP contribution in [0.15, 0.2) is 67.1 Å². The molecule has 5 heterocycles. The van der Waals surface area contributed by atoms with Crippen molar-refractivity contribution in [1.29, 1.82) is 0 Å². The molecule has 1 unspecified atom stereocenters. The van der Waals surface area contributed by atoms with Gasteiger partial charge in [-0.1, -0.05) is 25.0 Å². The summed E-state index contributed by atoms with van der Waals surface area (Å²) in [5.41, 5.74) is 6.29. The summed E-state index contributed by atoms with van der Waals surface area (Å²) in [6.07, 6.45) is 8.86. The Balaban J connectivity index is 1.25. The molecule has 1 aromatic carbocycles. The zero-order chi connectivity index (χ0) is 26.3. The minimum atomic E-state index is -0.600. The Morgan fingerprint density at radius 1 is 0.949 bits per heavy atom. The van der Waals surface area contributed by atoms with Crippen molar-refractivity contribution in [3.05, 3.63) is 72.9 Å². The molecule has 0 bridgehead atoms. The second kappa shape index (κ2) is 9.55. The molecule has 0 radical (unpaired) electrons. The van der Waals surface area contributed by atoms with Crippen LogP contribution in [0.5, 0.6) is 0 Å². The number of fused-ring (bicyclic) bond motifs is 2. The van der Waals surface area contributed by atoms with Crippen LogP contribution in [0.2, 0.25) is 0 Å². The summed E-state index contributed by atoms with van der Waals surface area (Å²) in [5.74, 6) is 0.397. The van der Waals surface area contributed by atoms with Gasteiger partial charge >= 0.3 is 0 Å². The van der Waals surface area contributed by atoms with Gasteiger partial charge in [0.15, 0.2) is 11.5 Å². The first-order chi connectivity index (χ1) is 19.1. The number of rotatable bonds is 6. The van der Waals surface area contributed by atoms with Gasteiger partial charge in [0.2, 0.25) is 0 Å². The SMILES string of the molecule is OC(Nc1cncc(-c2ccc3[nH]nc(-c4nc5c(-c6ccccc6F)nccc5[nH]4)c3n2)c1)C1CCCC1. The fourth-order valence-electron chi connectivity index (χ4n) is 5.34. The number of anilines is 1. The number of nitrogens with zero attached hydrogens (tertiary/aromatic N) is 5. The number of nitrogens with one attached hydrogen (secondary N) is 3. The summed E-state index contributed by atoms with van der Waals surface area (Å²) >= 11 is 0. The average Bonchev–Trinajstić information content (AvgIpc) is 3.73. The number of imidazole rings is 1. The molecule has 39 heavy (non-hydrogen) atoms. The Hall–Kier alpha value is -4.70. The number of hydrogen-bond donors (Lipinski definition) is 4. The molecule has 1 aliphatic carbocycles. The third-order valence-electron chi connectivity index (χ3n) is 7.36. The van der Waals surface area contributed by atoms with Crippen molar-refractivity contribution < 1.29 is 9.50 Å². The van der Waals surface area contributed by atoms with Crippen LogP contribution in [0.3, 0.4) is 0 Å². The number of pyridine rings is 3. The highest BCUT2D eigenvalue weighted by Gasteiger charge is 2.23. The fraction of sp³-hybridized carbons (Fsp3) is 0.207. The molecule has 7 rings (SSSR count). The second-order valence-electron chi connectivity index (χ2n) is 9.88. The fourth-order valence-corrected chi connectivity index (χ4v) is 5.34. The highest BCUT2D eigenvalue weighted by Crippen LogP contribution is 2.32. The Bertz CT molecular complexity index is 1810. The predicted molar refractivity (Wildman–Crippen MR) is 147 cm³/mol. The first-order valence-electron chi connectivity index (χ1n) is 13.0. The Morgan fingerprint density at radius 2 is 1.79 bits per heavy atom. The summed E-state index contributed by atoms with van der Waals surface area (Å²) in [7, 11) is 0. The third-order valence-corrected chi connectivity index (χ3v) is 7.36. The summed E-state index contributed by atoms with van der Waals surface area (Å²) in [5, 5.41) is 21.3. The molecule has 0 saturated heterocycles. The van der Waals surface area contributed by atoms with Crippen molar-refractivity contribution in [3.8, 4) is 34.0 Å². The van der Waals surface area contributed by atoms with E-state index in [2.05, 4.69) is 30.5 Å². The quantitative estimate of drug-likeness (QED) is 0.208. The average molecular weight is 521 g/mol. The number of aliphatic hydroxyl groups is 1. The lowest BCUT2D eigenvalue weighted by Gasteiger charge is -2.20. The minimum Gasteiger partial charge on any atom is -0.374 e. The molecule has 1 aliphatic rings. The molecule has 1 atom stereocenters. The number of aromatic amines is 2. The van der Waals surface area contributed by atoms with Crippen molar-refractivity contribution in [2.45, 2.75) is 31.9 Å². The van der Waals surface area contributed by atoms with Crippen LogP contribution >= 0.6 is 0 Å². The van der Waals surface area contributed by atoms with Gasteiger partial charge < -0.3 is 15.4 Å². The number of H-pyrrole nitrogens is 2. The van der Waals surface area contributed by atoms with E-state index in [0.717, 1.165) is 42.5 Å². The zero-order valence-electron chi connectivity index (χ0n) is 20.9. The molecule has 0 aliphatic heterocycles. The van der Waals surface area contributed by atoms with Crippen LogP contribution in [-0.4, -0.2) is 46.5 Å². The normalized spacial score (nSPS) is 14.8. The predicted octanol–water partition coefficient (Wildman–Crippen LogP) is 5.68. The highest BCUT2D eigenvalue weighted by molar-refractivity contribution is 5.95. The van der Waals surface area contributed by atoms with E-state index in [1.165, 1.54) is 6.07 Å². The van der Waals surface area contributed by atoms with Gasteiger partial charge in [-0.15, -0.1) is 0 Å². The Morgan fingerprint density at radius 3 is 2.67 bits per heavy atom. The van der Waals surface area contributed by atoms with Crippen LogP contribution in [0.4, 0.5) is 10.1 Å². The molecular weight excluding hydrogens is 495 g/mol. The van der Waals surface area contributed by atoms with Gasteiger partial charge in [-0.2, -0.15) is 5.10 Å². The van der Waals surface area contributed by atoms with Crippen molar-refractivity contribution in [1.82, 2.24) is 35.1 Å². The number of benzene rings is 1. The first kappa shape index (κ1) is 23.4. The van der Waals surface area contributed by atoms with E-state index in [-0.39, 0.29) is 11.7 Å². The zero-order valence-corrected chi connectivity index (χ0v) is 20.9. The smallest absolute Gasteiger partial charge is 0.161 e. The lowest BCUT2D eigenvalue weighted by molar-refractivity contribution is 0.137. The summed E-state index contributed by atoms with van der Waals surface area (Å²) in [6.45, 7) is 0. The molecule has 1 saturated carbocycles. The van der Waals surface area contributed by atoms with E-state index in [4.69, 9.17) is 9.97 Å². The monoisotopic (exact) mass is 520 g/mol. The van der Waals surface area contributed by atoms with Crippen LogP contribution in [0.25, 0.3) is 56.1 Å². The summed E-state index contributed by atoms with van der Waals surface area (Å²) in [6, 6.07) is 14.1. The van der Waals surface area contributed by atoms with E-state index >= 15 is 0 Å². The molecule has 9 nitrogen and oxygen atoms in total. The van der Waals surface area contributed by atoms with Crippen molar-refractivity contribution in [2.75, 3.05) is 5.32 Å². The number of halogens is 1. The second-order valence-corrected chi connectivity index (χ2v) is 9.88. The maximum atomic E-state index is 14.5. The minimum absolute atomic E-state index is 0.259.